The van der Waals surface area contributed by atoms with Gasteiger partial charge in [0.05, 0.1) is 12.5 Å². The Morgan fingerprint density at radius 3 is 2.86 bits per heavy atom. The Kier molecular flexibility index (Phi) is 4.50. The maximum Gasteiger partial charge on any atom is 0.406 e. The topological polar surface area (TPSA) is 62.3 Å². The number of amides is 2. The van der Waals surface area contributed by atoms with E-state index in [1.165, 1.54) is 11.3 Å². The van der Waals surface area contributed by atoms with Gasteiger partial charge in [0.25, 0.3) is 0 Å². The number of nitrogens with zero attached hydrogens (tertiary/aromatic N) is 2. The molecule has 2 heterocycles. The number of likely N-dealkylation sites (tertiary alicyclic amines) is 1. The second kappa shape index (κ2) is 6.00. The summed E-state index contributed by atoms with van der Waals surface area (Å²) >= 11 is 1.39. The van der Waals surface area contributed by atoms with Gasteiger partial charge in [-0.1, -0.05) is 0 Å². The average molecular weight is 321 g/mol. The Morgan fingerprint density at radius 1 is 1.57 bits per heavy atom. The van der Waals surface area contributed by atoms with Crippen molar-refractivity contribution in [2.45, 2.75) is 26.1 Å². The van der Waals surface area contributed by atoms with Crippen molar-refractivity contribution in [3.8, 4) is 0 Å². The zero-order chi connectivity index (χ0) is 15.6. The van der Waals surface area contributed by atoms with E-state index in [2.05, 4.69) is 10.3 Å². The molecule has 1 aliphatic rings. The summed E-state index contributed by atoms with van der Waals surface area (Å²) in [5, 5.41) is 5.17. The summed E-state index contributed by atoms with van der Waals surface area (Å²) in [5.41, 5.74) is 0.844. The van der Waals surface area contributed by atoms with Crippen LogP contribution in [0.5, 0.6) is 0 Å². The predicted octanol–water partition coefficient (Wildman–Crippen LogP) is 1.48. The van der Waals surface area contributed by atoms with Crippen LogP contribution in [0, 0.1) is 12.8 Å². The molecule has 0 radical (unpaired) electrons. The molecule has 1 aromatic heterocycles. The van der Waals surface area contributed by atoms with Crippen LogP contribution in [0.3, 0.4) is 0 Å². The molecule has 1 N–H and O–H groups in total. The largest absolute Gasteiger partial charge is 0.406 e. The molecule has 2 amide bonds. The van der Waals surface area contributed by atoms with E-state index in [1.807, 2.05) is 12.3 Å². The minimum Gasteiger partial charge on any atom is -0.349 e. The molecule has 0 spiro atoms. The molecule has 0 aromatic carbocycles. The molecular weight excluding hydrogens is 307 g/mol. The molecule has 0 saturated carbocycles. The molecule has 1 atom stereocenters. The molecule has 116 valence electrons. The molecule has 9 heteroatoms. The zero-order valence-electron chi connectivity index (χ0n) is 11.2. The van der Waals surface area contributed by atoms with Crippen LogP contribution in [0.15, 0.2) is 5.38 Å². The van der Waals surface area contributed by atoms with Crippen LogP contribution in [0.1, 0.15) is 17.1 Å². The highest BCUT2D eigenvalue weighted by Gasteiger charge is 2.40. The van der Waals surface area contributed by atoms with Crippen LogP contribution >= 0.6 is 11.3 Å². The van der Waals surface area contributed by atoms with Crippen molar-refractivity contribution in [1.29, 1.82) is 0 Å². The molecule has 1 aliphatic heterocycles. The van der Waals surface area contributed by atoms with Gasteiger partial charge >= 0.3 is 6.18 Å². The number of aromatic nitrogens is 1. The number of carbonyl (C=O) groups is 2. The van der Waals surface area contributed by atoms with Crippen molar-refractivity contribution in [2.24, 2.45) is 5.92 Å². The summed E-state index contributed by atoms with van der Waals surface area (Å²) in [6, 6.07) is 0. The van der Waals surface area contributed by atoms with Crippen LogP contribution in [0.2, 0.25) is 0 Å². The summed E-state index contributed by atoms with van der Waals surface area (Å²) in [6.07, 6.45) is -4.63. The molecule has 21 heavy (non-hydrogen) atoms. The molecule has 1 fully saturated rings. The number of thiazole rings is 1. The van der Waals surface area contributed by atoms with E-state index >= 15 is 0 Å². The molecule has 0 aliphatic carbocycles. The maximum absolute atomic E-state index is 12.3. The first-order valence-electron chi connectivity index (χ1n) is 6.28. The minimum atomic E-state index is -4.44. The fourth-order valence-electron chi connectivity index (χ4n) is 2.11. The third-order valence-electron chi connectivity index (χ3n) is 3.04. The van der Waals surface area contributed by atoms with Crippen LogP contribution in [0.4, 0.5) is 13.2 Å². The van der Waals surface area contributed by atoms with E-state index < -0.39 is 30.5 Å². The number of carbonyl (C=O) groups excluding carboxylic acids is 2. The summed E-state index contributed by atoms with van der Waals surface area (Å²) < 4.78 is 36.8. The smallest absolute Gasteiger partial charge is 0.349 e. The predicted molar refractivity (Wildman–Crippen MR) is 69.4 cm³/mol. The number of nitrogens with one attached hydrogen (secondary N) is 1. The zero-order valence-corrected chi connectivity index (χ0v) is 12.1. The molecule has 2 rings (SSSR count). The number of hydrogen-bond donors (Lipinski definition) is 1. The lowest BCUT2D eigenvalue weighted by molar-refractivity contribution is -0.157. The van der Waals surface area contributed by atoms with Gasteiger partial charge in [-0.15, -0.1) is 11.3 Å². The van der Waals surface area contributed by atoms with Gasteiger partial charge in [-0.25, -0.2) is 4.98 Å². The lowest BCUT2D eigenvalue weighted by atomic mass is 10.1. The van der Waals surface area contributed by atoms with Gasteiger partial charge in [-0.2, -0.15) is 13.2 Å². The Balaban J connectivity index is 1.85. The highest BCUT2D eigenvalue weighted by Crippen LogP contribution is 2.24. The number of rotatable bonds is 4. The van der Waals surface area contributed by atoms with E-state index in [-0.39, 0.29) is 19.5 Å². The van der Waals surface area contributed by atoms with Gasteiger partial charge in [-0.3, -0.25) is 9.59 Å². The molecule has 1 aromatic rings. The van der Waals surface area contributed by atoms with E-state index in [4.69, 9.17) is 0 Å². The lowest BCUT2D eigenvalue weighted by Crippen LogP contribution is -2.37. The molecule has 5 nitrogen and oxygen atoms in total. The van der Waals surface area contributed by atoms with Crippen LogP contribution in [0.25, 0.3) is 0 Å². The van der Waals surface area contributed by atoms with Crippen molar-refractivity contribution in [2.75, 3.05) is 13.1 Å². The molecule has 1 saturated heterocycles. The van der Waals surface area contributed by atoms with Crippen molar-refractivity contribution >= 4 is 23.2 Å². The molecule has 0 unspecified atom stereocenters. The minimum absolute atomic E-state index is 0.182. The van der Waals surface area contributed by atoms with Gasteiger partial charge < -0.3 is 10.2 Å². The van der Waals surface area contributed by atoms with Crippen molar-refractivity contribution in [3.05, 3.63) is 16.1 Å². The fraction of sp³-hybridized carbons (Fsp3) is 0.583. The van der Waals surface area contributed by atoms with Gasteiger partial charge in [0, 0.05) is 24.0 Å². The quantitative estimate of drug-likeness (QED) is 0.914. The van der Waals surface area contributed by atoms with Crippen molar-refractivity contribution in [1.82, 2.24) is 15.2 Å². The monoisotopic (exact) mass is 321 g/mol. The van der Waals surface area contributed by atoms with Crippen molar-refractivity contribution < 1.29 is 22.8 Å². The maximum atomic E-state index is 12.3. The van der Waals surface area contributed by atoms with Gasteiger partial charge in [0.2, 0.25) is 11.8 Å². The fourth-order valence-corrected chi connectivity index (χ4v) is 2.82. The van der Waals surface area contributed by atoms with Gasteiger partial charge in [-0.05, 0) is 6.92 Å². The van der Waals surface area contributed by atoms with E-state index in [0.29, 0.717) is 4.90 Å². The Morgan fingerprint density at radius 2 is 2.29 bits per heavy atom. The standard InChI is InChI=1S/C12H14F3N3O2S/c1-7-5-21-9(17-7)3-16-11(20)8-2-10(19)18(4-8)6-12(13,14)15/h5,8H,2-4,6H2,1H3,(H,16,20)/t8-/m1/s1. The second-order valence-electron chi connectivity index (χ2n) is 4.89. The van der Waals surface area contributed by atoms with Crippen LogP contribution in [-0.4, -0.2) is 41.0 Å². The number of alkyl halides is 3. The van der Waals surface area contributed by atoms with Crippen LogP contribution in [-0.2, 0) is 16.1 Å². The first-order valence-corrected chi connectivity index (χ1v) is 7.16. The average Bonchev–Trinajstić information content (AvgIpc) is 2.92. The highest BCUT2D eigenvalue weighted by molar-refractivity contribution is 7.09. The lowest BCUT2D eigenvalue weighted by Gasteiger charge is -2.18. The first-order chi connectivity index (χ1) is 9.74. The first kappa shape index (κ1) is 15.7. The van der Waals surface area contributed by atoms with Gasteiger partial charge in [0.15, 0.2) is 0 Å². The molecule has 0 bridgehead atoms. The van der Waals surface area contributed by atoms with E-state index in [1.54, 1.807) is 0 Å². The van der Waals surface area contributed by atoms with Crippen LogP contribution < -0.4 is 5.32 Å². The summed E-state index contributed by atoms with van der Waals surface area (Å²) in [4.78, 5) is 28.2. The Bertz CT molecular complexity index is 544. The second-order valence-corrected chi connectivity index (χ2v) is 5.83. The Labute approximate surface area is 123 Å². The number of halogens is 3. The summed E-state index contributed by atoms with van der Waals surface area (Å²) in [6.45, 7) is 0.552. The van der Waals surface area contributed by atoms with E-state index in [9.17, 15) is 22.8 Å². The normalized spacial score (nSPS) is 19.1. The number of aryl methyl sites for hydroxylation is 1. The SMILES string of the molecule is Cc1csc(CNC(=O)[C@@H]2CC(=O)N(CC(F)(F)F)C2)n1. The molecular formula is C12H14F3N3O2S. The third-order valence-corrected chi connectivity index (χ3v) is 4.00. The summed E-state index contributed by atoms with van der Waals surface area (Å²) in [7, 11) is 0. The number of hydrogen-bond acceptors (Lipinski definition) is 4. The third kappa shape index (κ3) is 4.42. The van der Waals surface area contributed by atoms with Gasteiger partial charge in [0.1, 0.15) is 11.6 Å². The Hall–Kier alpha value is -1.64. The highest BCUT2D eigenvalue weighted by atomic mass is 32.1. The summed E-state index contributed by atoms with van der Waals surface area (Å²) in [5.74, 6) is -1.79. The van der Waals surface area contributed by atoms with Crippen molar-refractivity contribution in [3.63, 3.8) is 0 Å². The van der Waals surface area contributed by atoms with E-state index in [0.717, 1.165) is 10.7 Å².